The van der Waals surface area contributed by atoms with Crippen LogP contribution in [0.25, 0.3) is 0 Å². The number of H-pyrrole nitrogens is 1. The fourth-order valence-corrected chi connectivity index (χ4v) is 5.84. The Balaban J connectivity index is 0.00000148. The molecule has 3 aromatic rings. The van der Waals surface area contributed by atoms with Gasteiger partial charge in [0.25, 0.3) is 0 Å². The molecule has 2 aromatic carbocycles. The number of allylic oxidation sites excluding steroid dienone is 1. The number of carbonyl (C=O) groups excluding carboxylic acids is 2. The second-order valence-corrected chi connectivity index (χ2v) is 10.5. The maximum absolute atomic E-state index is 13.6. The van der Waals surface area contributed by atoms with Crippen LogP contribution in [-0.4, -0.2) is 71.6 Å². The molecule has 2 aliphatic rings. The van der Waals surface area contributed by atoms with Gasteiger partial charge in [0.1, 0.15) is 25.7 Å². The van der Waals surface area contributed by atoms with Crippen LogP contribution in [0.5, 0.6) is 0 Å². The number of esters is 1. The van der Waals surface area contributed by atoms with Crippen molar-refractivity contribution in [2.24, 2.45) is 0 Å². The van der Waals surface area contributed by atoms with Crippen molar-refractivity contribution in [1.82, 2.24) is 14.8 Å². The molecule has 3 heterocycles. The van der Waals surface area contributed by atoms with Gasteiger partial charge in [0, 0.05) is 23.4 Å². The summed E-state index contributed by atoms with van der Waals surface area (Å²) in [4.78, 5) is 36.4. The monoisotopic (exact) mass is 628 g/mol. The lowest BCUT2D eigenvalue weighted by Crippen LogP contribution is -2.54. The van der Waals surface area contributed by atoms with Crippen LogP contribution in [0.15, 0.2) is 58.5 Å². The number of carbonyl (C=O) groups is 2. The Hall–Kier alpha value is -4.94. The molecule has 0 bridgehead atoms. The van der Waals surface area contributed by atoms with Crippen molar-refractivity contribution in [2.45, 2.75) is 32.6 Å². The average Bonchev–Trinajstić information content (AvgIpc) is 3.41. The lowest BCUT2D eigenvalue weighted by molar-refractivity contribution is -0.946. The number of quaternary nitrogens is 1. The third-order valence-electron chi connectivity index (χ3n) is 8.14. The molecule has 0 spiro atoms. The minimum atomic E-state index is -4.61. The first kappa shape index (κ1) is 33.0. The summed E-state index contributed by atoms with van der Waals surface area (Å²) in [5.41, 5.74) is 0.558. The zero-order valence-corrected chi connectivity index (χ0v) is 24.8. The highest BCUT2D eigenvalue weighted by Gasteiger charge is 2.42. The zero-order valence-electron chi connectivity index (χ0n) is 24.8. The molecule has 2 aliphatic heterocycles. The summed E-state index contributed by atoms with van der Waals surface area (Å²) in [5, 5.41) is 24.5. The third-order valence-corrected chi connectivity index (χ3v) is 8.14. The predicted molar refractivity (Wildman–Crippen MR) is 152 cm³/mol. The number of hydrogen-bond acceptors (Lipinski definition) is 9. The van der Waals surface area contributed by atoms with E-state index in [1.807, 2.05) is 0 Å². The molecular formula is C30H31F3N6O6. The minimum absolute atomic E-state index is 0.00977. The highest BCUT2D eigenvalue weighted by molar-refractivity contribution is 5.93. The fourth-order valence-electron chi connectivity index (χ4n) is 5.84. The second-order valence-electron chi connectivity index (χ2n) is 10.5. The van der Waals surface area contributed by atoms with E-state index in [0.29, 0.717) is 35.4 Å². The Bertz CT molecular complexity index is 1700. The van der Waals surface area contributed by atoms with Gasteiger partial charge in [-0.15, -0.1) is 5.10 Å². The molecule has 0 aliphatic carbocycles. The summed E-state index contributed by atoms with van der Waals surface area (Å²) in [5.74, 6) is -0.746. The van der Waals surface area contributed by atoms with Crippen molar-refractivity contribution in [1.29, 1.82) is 5.26 Å². The van der Waals surface area contributed by atoms with Gasteiger partial charge in [-0.1, -0.05) is 12.1 Å². The number of aromatic nitrogens is 3. The Labute approximate surface area is 256 Å². The molecule has 0 amide bonds. The number of nitrogens with one attached hydrogen (secondary N) is 1. The van der Waals surface area contributed by atoms with Gasteiger partial charge in [-0.25, -0.2) is 19.3 Å². The van der Waals surface area contributed by atoms with Crippen LogP contribution < -0.4 is 15.7 Å². The van der Waals surface area contributed by atoms with Crippen molar-refractivity contribution >= 4 is 24.1 Å². The largest absolute Gasteiger partial charge is 0.554 e. The van der Waals surface area contributed by atoms with E-state index in [-0.39, 0.29) is 22.9 Å². The Morgan fingerprint density at radius 2 is 1.96 bits per heavy atom. The van der Waals surface area contributed by atoms with Crippen molar-refractivity contribution in [3.63, 3.8) is 0 Å². The van der Waals surface area contributed by atoms with Crippen molar-refractivity contribution in [2.75, 3.05) is 44.9 Å². The first-order valence-corrected chi connectivity index (χ1v) is 13.9. The molecule has 1 atom stereocenters. The summed E-state index contributed by atoms with van der Waals surface area (Å²) < 4.78 is 53.5. The summed E-state index contributed by atoms with van der Waals surface area (Å²) in [6, 6.07) is 10.8. The van der Waals surface area contributed by atoms with Crippen LogP contribution in [-0.2, 0) is 31.8 Å². The van der Waals surface area contributed by atoms with Crippen molar-refractivity contribution < 1.29 is 41.8 Å². The van der Waals surface area contributed by atoms with Gasteiger partial charge in [0.15, 0.2) is 0 Å². The van der Waals surface area contributed by atoms with E-state index in [1.54, 1.807) is 25.1 Å². The molecular weight excluding hydrogens is 597 g/mol. The summed E-state index contributed by atoms with van der Waals surface area (Å²) in [6.45, 7) is 7.11. The average molecular weight is 629 g/mol. The number of methoxy groups -OCH3 is 1. The molecule has 1 saturated heterocycles. The van der Waals surface area contributed by atoms with Gasteiger partial charge >= 0.3 is 17.8 Å². The van der Waals surface area contributed by atoms with Crippen LogP contribution in [0, 0.1) is 11.3 Å². The van der Waals surface area contributed by atoms with Crippen LogP contribution in [0.2, 0.25) is 0 Å². The molecule has 5 rings (SSSR count). The molecule has 1 aromatic heterocycles. The van der Waals surface area contributed by atoms with Gasteiger partial charge < -0.3 is 23.9 Å². The van der Waals surface area contributed by atoms with Crippen LogP contribution in [0.3, 0.4) is 0 Å². The molecule has 15 heteroatoms. The molecule has 0 unspecified atom stereocenters. The van der Waals surface area contributed by atoms with E-state index < -0.39 is 35.9 Å². The number of ether oxygens (including phenoxy) is 2. The summed E-state index contributed by atoms with van der Waals surface area (Å²) in [6.07, 6.45) is -4.61. The molecule has 0 radical (unpaired) electrons. The maximum atomic E-state index is 13.6. The number of hydrogen-bond donors (Lipinski definition) is 1. The Morgan fingerprint density at radius 3 is 2.56 bits per heavy atom. The normalized spacial score (nSPS) is 17.4. The minimum Gasteiger partial charge on any atom is -0.554 e. The second kappa shape index (κ2) is 13.4. The first-order valence-electron chi connectivity index (χ1n) is 13.9. The number of morpholine rings is 1. The quantitative estimate of drug-likeness (QED) is 0.246. The molecule has 12 nitrogen and oxygen atoms in total. The lowest BCUT2D eigenvalue weighted by Gasteiger charge is -2.42. The highest BCUT2D eigenvalue weighted by Crippen LogP contribution is 2.44. The third kappa shape index (κ3) is 6.47. The number of likely N-dealkylation sites (N-methyl/N-ethyl adjacent to an activating group) is 1. The van der Waals surface area contributed by atoms with E-state index in [1.165, 1.54) is 28.7 Å². The SMILES string of the molecule is CC[N+]1(Cc2cc(C#N)ccc2[C@@H]2C(C(=O)OC)=C(C)N(c3cccc(C(F)(F)F)c3)c3n[nH]c(=O)n32)CCOCC1.O=C[O-]. The van der Waals surface area contributed by atoms with E-state index in [9.17, 15) is 28.0 Å². The maximum Gasteiger partial charge on any atom is 0.416 e. The van der Waals surface area contributed by atoms with E-state index in [4.69, 9.17) is 19.4 Å². The fraction of sp³-hybridized carbons (Fsp3) is 0.367. The van der Waals surface area contributed by atoms with Gasteiger partial charge in [0.05, 0.1) is 49.6 Å². The van der Waals surface area contributed by atoms with Crippen LogP contribution in [0.1, 0.15) is 42.1 Å². The molecule has 1 fully saturated rings. The lowest BCUT2D eigenvalue weighted by atomic mass is 9.89. The van der Waals surface area contributed by atoms with Gasteiger partial charge in [-0.2, -0.15) is 18.4 Å². The number of anilines is 2. The van der Waals surface area contributed by atoms with Crippen molar-refractivity contribution in [3.05, 3.63) is 86.5 Å². The number of rotatable bonds is 6. The Kier molecular flexibility index (Phi) is 9.79. The van der Waals surface area contributed by atoms with E-state index >= 15 is 0 Å². The predicted octanol–water partition coefficient (Wildman–Crippen LogP) is 2.38. The van der Waals surface area contributed by atoms with Gasteiger partial charge in [0.2, 0.25) is 5.95 Å². The number of alkyl halides is 3. The molecule has 45 heavy (non-hydrogen) atoms. The van der Waals surface area contributed by atoms with Gasteiger partial charge in [-0.05, 0) is 49.7 Å². The molecule has 238 valence electrons. The number of nitrogens with zero attached hydrogens (tertiary/aromatic N) is 5. The number of halogens is 3. The number of aromatic amines is 1. The number of nitriles is 1. The van der Waals surface area contributed by atoms with E-state index in [2.05, 4.69) is 23.2 Å². The first-order chi connectivity index (χ1) is 21.4. The van der Waals surface area contributed by atoms with Crippen LogP contribution >= 0.6 is 0 Å². The number of carboxylic acid groups (broad SMARTS) is 1. The van der Waals surface area contributed by atoms with Crippen LogP contribution in [0.4, 0.5) is 24.8 Å². The zero-order chi connectivity index (χ0) is 32.9. The summed E-state index contributed by atoms with van der Waals surface area (Å²) in [7, 11) is 1.20. The Morgan fingerprint density at radius 1 is 1.27 bits per heavy atom. The highest BCUT2D eigenvalue weighted by atomic mass is 19.4. The van der Waals surface area contributed by atoms with E-state index in [0.717, 1.165) is 37.3 Å². The smallest absolute Gasteiger partial charge is 0.416 e. The summed E-state index contributed by atoms with van der Waals surface area (Å²) >= 11 is 0. The van der Waals surface area contributed by atoms with Crippen molar-refractivity contribution in [3.8, 4) is 6.07 Å². The molecule has 1 N–H and O–H groups in total. The number of fused-ring (bicyclic) bond motifs is 1. The van der Waals surface area contributed by atoms with Gasteiger partial charge in [-0.3, -0.25) is 4.90 Å². The molecule has 0 saturated carbocycles. The topological polar surface area (TPSA) is 153 Å². The number of benzene rings is 2. The standard InChI is InChI=1S/C29H29F3N6O4.CH2O2/c1-4-38(10-12-42-13-11-38)17-20-14-19(16-33)8-9-23(20)25-24(26(39)41-3)18(2)36(27-34-35-28(40)37(25)27)22-7-5-6-21(15-22)29(30,31)32;2-1-3/h5-9,14-15,25H,4,10-13,17H2,1-3H3;1H,(H,2,3)/t25-;/m1./s1.